The van der Waals surface area contributed by atoms with Crippen molar-refractivity contribution in [1.29, 1.82) is 0 Å². The number of carbonyl (C=O) groups is 1. The summed E-state index contributed by atoms with van der Waals surface area (Å²) in [5.41, 5.74) is 3.63. The number of aromatic nitrogens is 2. The number of ether oxygens (including phenoxy) is 1. The molecule has 0 saturated heterocycles. The summed E-state index contributed by atoms with van der Waals surface area (Å²) in [6, 6.07) is 17.4. The summed E-state index contributed by atoms with van der Waals surface area (Å²) in [6.45, 7) is 1.57. The number of pyridine rings is 1. The fraction of sp³-hybridized carbons (Fsp3) is 0.192. The van der Waals surface area contributed by atoms with E-state index < -0.39 is 0 Å². The first-order chi connectivity index (χ1) is 16.6. The van der Waals surface area contributed by atoms with Gasteiger partial charge in [0.1, 0.15) is 12.0 Å². The van der Waals surface area contributed by atoms with Crippen molar-refractivity contribution in [3.05, 3.63) is 101 Å². The molecule has 0 saturated carbocycles. The Morgan fingerprint density at radius 2 is 1.94 bits per heavy atom. The highest BCUT2D eigenvalue weighted by Gasteiger charge is 2.23. The van der Waals surface area contributed by atoms with Crippen LogP contribution in [-0.2, 0) is 30.7 Å². The molecule has 3 heterocycles. The summed E-state index contributed by atoms with van der Waals surface area (Å²) in [5.74, 6) is 1.95. The number of benzene rings is 2. The molecule has 1 aliphatic heterocycles. The van der Waals surface area contributed by atoms with E-state index in [0.29, 0.717) is 36.2 Å². The highest BCUT2D eigenvalue weighted by Crippen LogP contribution is 2.40. The minimum Gasteiger partial charge on any atom is -0.455 e. The predicted molar refractivity (Wildman–Crippen MR) is 129 cm³/mol. The van der Waals surface area contributed by atoms with Crippen LogP contribution >= 0.6 is 11.6 Å². The SMILES string of the molecule is O=C(Cc1coc(CN2Cc3ccccc3Oc3ccc(Cl)cc32)n1)NCCc1ccncc1. The maximum atomic E-state index is 12.3. The van der Waals surface area contributed by atoms with E-state index >= 15 is 0 Å². The first kappa shape index (κ1) is 22.0. The second-order valence-corrected chi connectivity index (χ2v) is 8.48. The molecule has 0 radical (unpaired) electrons. The molecule has 0 atom stereocenters. The molecule has 0 unspecified atom stereocenters. The number of amides is 1. The Morgan fingerprint density at radius 1 is 1.09 bits per heavy atom. The number of rotatable bonds is 7. The number of para-hydroxylation sites is 1. The highest BCUT2D eigenvalue weighted by atomic mass is 35.5. The Labute approximate surface area is 202 Å². The smallest absolute Gasteiger partial charge is 0.226 e. The largest absolute Gasteiger partial charge is 0.455 e. The molecular weight excluding hydrogens is 452 g/mol. The van der Waals surface area contributed by atoms with E-state index in [1.54, 1.807) is 18.7 Å². The quantitative estimate of drug-likeness (QED) is 0.409. The van der Waals surface area contributed by atoms with Crippen LogP contribution in [0.25, 0.3) is 0 Å². The van der Waals surface area contributed by atoms with E-state index in [1.165, 1.54) is 0 Å². The highest BCUT2D eigenvalue weighted by molar-refractivity contribution is 6.31. The molecule has 0 fully saturated rings. The summed E-state index contributed by atoms with van der Waals surface area (Å²) in [7, 11) is 0. The van der Waals surface area contributed by atoms with Crippen LogP contribution < -0.4 is 15.0 Å². The van der Waals surface area contributed by atoms with Crippen LogP contribution in [0.4, 0.5) is 5.69 Å². The van der Waals surface area contributed by atoms with Crippen molar-refractivity contribution in [2.75, 3.05) is 11.4 Å². The number of hydrogen-bond donors (Lipinski definition) is 1. The third-order valence-corrected chi connectivity index (χ3v) is 5.80. The summed E-state index contributed by atoms with van der Waals surface area (Å²) in [4.78, 5) is 23.0. The summed E-state index contributed by atoms with van der Waals surface area (Å²) in [6.07, 6.45) is 5.94. The molecule has 172 valence electrons. The Morgan fingerprint density at radius 3 is 2.82 bits per heavy atom. The number of nitrogens with one attached hydrogen (secondary N) is 1. The topological polar surface area (TPSA) is 80.5 Å². The molecule has 2 aromatic heterocycles. The molecule has 0 bridgehead atoms. The first-order valence-electron chi connectivity index (χ1n) is 11.0. The van der Waals surface area contributed by atoms with Gasteiger partial charge in [0.15, 0.2) is 5.75 Å². The summed E-state index contributed by atoms with van der Waals surface area (Å²) >= 11 is 6.28. The molecular formula is C26H23ClN4O3. The van der Waals surface area contributed by atoms with Gasteiger partial charge in [-0.2, -0.15) is 0 Å². The van der Waals surface area contributed by atoms with E-state index in [0.717, 1.165) is 34.7 Å². The lowest BCUT2D eigenvalue weighted by Crippen LogP contribution is -2.27. The van der Waals surface area contributed by atoms with Gasteiger partial charge in [0.25, 0.3) is 0 Å². The van der Waals surface area contributed by atoms with Crippen LogP contribution in [0.5, 0.6) is 11.5 Å². The number of halogens is 1. The molecule has 5 rings (SSSR count). The molecule has 0 spiro atoms. The lowest BCUT2D eigenvalue weighted by Gasteiger charge is -2.22. The maximum absolute atomic E-state index is 12.3. The molecule has 1 amide bonds. The molecule has 1 aliphatic rings. The predicted octanol–water partition coefficient (Wildman–Crippen LogP) is 4.94. The van der Waals surface area contributed by atoms with Crippen LogP contribution in [0, 0.1) is 0 Å². The fourth-order valence-corrected chi connectivity index (χ4v) is 4.06. The standard InChI is InChI=1S/C26H23ClN4O3/c27-20-5-6-24-22(13-20)31(15-19-3-1-2-4-23(19)34-24)16-26-30-21(17-33-26)14-25(32)29-12-9-18-7-10-28-11-8-18/h1-8,10-11,13,17H,9,12,14-16H2,(H,29,32). The molecule has 2 aromatic carbocycles. The van der Waals surface area contributed by atoms with Crippen LogP contribution in [0.1, 0.15) is 22.7 Å². The van der Waals surface area contributed by atoms with Gasteiger partial charge in [-0.05, 0) is 48.4 Å². The average Bonchev–Trinajstić information content (AvgIpc) is 3.21. The van der Waals surface area contributed by atoms with Gasteiger partial charge >= 0.3 is 0 Å². The molecule has 34 heavy (non-hydrogen) atoms. The molecule has 7 nitrogen and oxygen atoms in total. The number of anilines is 1. The van der Waals surface area contributed by atoms with Crippen molar-refractivity contribution in [3.63, 3.8) is 0 Å². The Kier molecular flexibility index (Phi) is 6.44. The van der Waals surface area contributed by atoms with Gasteiger partial charge in [-0.3, -0.25) is 9.78 Å². The van der Waals surface area contributed by atoms with Gasteiger partial charge in [0, 0.05) is 36.1 Å². The van der Waals surface area contributed by atoms with Crippen molar-refractivity contribution in [2.24, 2.45) is 0 Å². The maximum Gasteiger partial charge on any atom is 0.226 e. The molecule has 8 heteroatoms. The van der Waals surface area contributed by atoms with Crippen molar-refractivity contribution >= 4 is 23.2 Å². The zero-order valence-corrected chi connectivity index (χ0v) is 19.2. The second-order valence-electron chi connectivity index (χ2n) is 8.04. The van der Waals surface area contributed by atoms with Crippen LogP contribution in [0.3, 0.4) is 0 Å². The number of oxazole rings is 1. The zero-order valence-electron chi connectivity index (χ0n) is 18.4. The van der Waals surface area contributed by atoms with E-state index in [4.69, 9.17) is 20.8 Å². The van der Waals surface area contributed by atoms with Crippen molar-refractivity contribution < 1.29 is 13.9 Å². The summed E-state index contributed by atoms with van der Waals surface area (Å²) < 4.78 is 11.8. The Bertz CT molecular complexity index is 1290. The van der Waals surface area contributed by atoms with Gasteiger partial charge in [-0.15, -0.1) is 0 Å². The zero-order chi connectivity index (χ0) is 23.3. The molecule has 4 aromatic rings. The van der Waals surface area contributed by atoms with E-state index in [2.05, 4.69) is 20.2 Å². The minimum atomic E-state index is -0.0943. The minimum absolute atomic E-state index is 0.0943. The first-order valence-corrected chi connectivity index (χ1v) is 11.4. The monoisotopic (exact) mass is 474 g/mol. The van der Waals surface area contributed by atoms with Gasteiger partial charge in [-0.25, -0.2) is 4.98 Å². The second kappa shape index (κ2) is 9.97. The van der Waals surface area contributed by atoms with Crippen molar-refractivity contribution in [2.45, 2.75) is 25.9 Å². The third-order valence-electron chi connectivity index (χ3n) is 5.57. The number of hydrogen-bond acceptors (Lipinski definition) is 6. The van der Waals surface area contributed by atoms with Gasteiger partial charge < -0.3 is 19.4 Å². The van der Waals surface area contributed by atoms with E-state index in [9.17, 15) is 4.79 Å². The molecule has 0 aliphatic carbocycles. The number of carbonyl (C=O) groups excluding carboxylic acids is 1. The van der Waals surface area contributed by atoms with Crippen molar-refractivity contribution in [3.8, 4) is 11.5 Å². The molecule has 1 N–H and O–H groups in total. The van der Waals surface area contributed by atoms with Gasteiger partial charge in [0.2, 0.25) is 11.8 Å². The van der Waals surface area contributed by atoms with Gasteiger partial charge in [-0.1, -0.05) is 29.8 Å². The normalized spacial score (nSPS) is 12.3. The Hall–Kier alpha value is -3.84. The third kappa shape index (κ3) is 5.21. The number of fused-ring (bicyclic) bond motifs is 2. The van der Waals surface area contributed by atoms with E-state index in [-0.39, 0.29) is 12.3 Å². The van der Waals surface area contributed by atoms with Crippen LogP contribution in [-0.4, -0.2) is 22.4 Å². The van der Waals surface area contributed by atoms with Gasteiger partial charge in [0.05, 0.1) is 24.3 Å². The average molecular weight is 475 g/mol. The van der Waals surface area contributed by atoms with Crippen LogP contribution in [0.2, 0.25) is 5.02 Å². The number of nitrogens with zero attached hydrogens (tertiary/aromatic N) is 3. The van der Waals surface area contributed by atoms with Crippen molar-refractivity contribution in [1.82, 2.24) is 15.3 Å². The van der Waals surface area contributed by atoms with Crippen LogP contribution in [0.15, 0.2) is 77.7 Å². The van der Waals surface area contributed by atoms with E-state index in [1.807, 2.05) is 54.6 Å². The lowest BCUT2D eigenvalue weighted by molar-refractivity contribution is -0.120. The fourth-order valence-electron chi connectivity index (χ4n) is 3.90. The Balaban J connectivity index is 1.25. The summed E-state index contributed by atoms with van der Waals surface area (Å²) in [5, 5.41) is 3.55. The lowest BCUT2D eigenvalue weighted by atomic mass is 10.2.